The molecule has 1 atom stereocenters. The molecule has 1 aliphatic rings. The van der Waals surface area contributed by atoms with Crippen molar-refractivity contribution in [3.8, 4) is 0 Å². The molecule has 0 saturated heterocycles. The zero-order valence-corrected chi connectivity index (χ0v) is 9.73. The molecule has 0 spiro atoms. The van der Waals surface area contributed by atoms with E-state index in [9.17, 15) is 14.4 Å². The number of hydrogen-bond acceptors (Lipinski definition) is 3. The highest BCUT2D eigenvalue weighted by atomic mass is 16.4. The van der Waals surface area contributed by atoms with E-state index in [4.69, 9.17) is 10.2 Å². The second kappa shape index (κ2) is 5.16. The Kier molecular flexibility index (Phi) is 4.09. The van der Waals surface area contributed by atoms with Crippen molar-refractivity contribution in [2.75, 3.05) is 0 Å². The number of amides is 1. The van der Waals surface area contributed by atoms with Crippen molar-refractivity contribution in [2.45, 2.75) is 45.1 Å². The van der Waals surface area contributed by atoms with Crippen molar-refractivity contribution < 1.29 is 24.6 Å². The molecule has 0 radical (unpaired) electrons. The highest BCUT2D eigenvalue weighted by Crippen LogP contribution is 2.41. The molecular weight excluding hydrogens is 226 g/mol. The number of carboxylic acids is 2. The number of carboxylic acid groups (broad SMARTS) is 2. The summed E-state index contributed by atoms with van der Waals surface area (Å²) in [6, 6.07) is -0.991. The lowest BCUT2D eigenvalue weighted by Gasteiger charge is -2.23. The molecule has 0 aliphatic heterocycles. The van der Waals surface area contributed by atoms with Gasteiger partial charge in [0.15, 0.2) is 0 Å². The molecule has 1 rings (SSSR count). The Morgan fingerprint density at radius 1 is 1.24 bits per heavy atom. The number of carbonyl (C=O) groups is 3. The smallest absolute Gasteiger partial charge is 0.325 e. The van der Waals surface area contributed by atoms with Crippen LogP contribution in [-0.4, -0.2) is 34.1 Å². The van der Waals surface area contributed by atoms with Gasteiger partial charge < -0.3 is 15.5 Å². The SMILES string of the molecule is CC(NC(=O)CC1(C(=O)O)CCCC1)C(=O)O. The molecule has 1 amide bonds. The fourth-order valence-electron chi connectivity index (χ4n) is 2.18. The molecular formula is C11H17NO5. The molecule has 6 heteroatoms. The van der Waals surface area contributed by atoms with Gasteiger partial charge in [0.25, 0.3) is 0 Å². The maximum absolute atomic E-state index is 11.6. The first-order chi connectivity index (χ1) is 7.87. The largest absolute Gasteiger partial charge is 0.481 e. The minimum Gasteiger partial charge on any atom is -0.481 e. The van der Waals surface area contributed by atoms with Crippen LogP contribution in [0.4, 0.5) is 0 Å². The number of rotatable bonds is 5. The van der Waals surface area contributed by atoms with Crippen LogP contribution in [0.25, 0.3) is 0 Å². The number of aliphatic carboxylic acids is 2. The van der Waals surface area contributed by atoms with E-state index in [-0.39, 0.29) is 6.42 Å². The normalized spacial score (nSPS) is 19.6. The van der Waals surface area contributed by atoms with E-state index in [2.05, 4.69) is 5.32 Å². The molecule has 0 aromatic carbocycles. The topological polar surface area (TPSA) is 104 Å². The molecule has 1 aliphatic carbocycles. The maximum Gasteiger partial charge on any atom is 0.325 e. The van der Waals surface area contributed by atoms with Gasteiger partial charge in [0, 0.05) is 6.42 Å². The van der Waals surface area contributed by atoms with Crippen molar-refractivity contribution >= 4 is 17.8 Å². The molecule has 0 bridgehead atoms. The molecule has 1 saturated carbocycles. The maximum atomic E-state index is 11.6. The van der Waals surface area contributed by atoms with E-state index in [1.807, 2.05) is 0 Å². The first-order valence-electron chi connectivity index (χ1n) is 5.63. The fraction of sp³-hybridized carbons (Fsp3) is 0.727. The Hall–Kier alpha value is -1.59. The van der Waals surface area contributed by atoms with Crippen molar-refractivity contribution in [3.05, 3.63) is 0 Å². The average molecular weight is 243 g/mol. The zero-order chi connectivity index (χ0) is 13.1. The summed E-state index contributed by atoms with van der Waals surface area (Å²) >= 11 is 0. The van der Waals surface area contributed by atoms with E-state index >= 15 is 0 Å². The Balaban J connectivity index is 2.60. The summed E-state index contributed by atoms with van der Waals surface area (Å²) in [5.74, 6) is -2.61. The van der Waals surface area contributed by atoms with Crippen LogP contribution in [0.15, 0.2) is 0 Å². The van der Waals surface area contributed by atoms with Crippen molar-refractivity contribution in [1.82, 2.24) is 5.32 Å². The third-order valence-electron chi connectivity index (χ3n) is 3.26. The first-order valence-corrected chi connectivity index (χ1v) is 5.63. The second-order valence-corrected chi connectivity index (χ2v) is 4.60. The second-order valence-electron chi connectivity index (χ2n) is 4.60. The monoisotopic (exact) mass is 243 g/mol. The Morgan fingerprint density at radius 2 is 1.76 bits per heavy atom. The van der Waals surface area contributed by atoms with E-state index in [0.29, 0.717) is 12.8 Å². The molecule has 3 N–H and O–H groups in total. The van der Waals surface area contributed by atoms with Crippen LogP contribution < -0.4 is 5.32 Å². The highest BCUT2D eigenvalue weighted by Gasteiger charge is 2.43. The lowest BCUT2D eigenvalue weighted by molar-refractivity contribution is -0.151. The summed E-state index contributed by atoms with van der Waals surface area (Å²) in [4.78, 5) is 33.3. The van der Waals surface area contributed by atoms with Gasteiger partial charge in [0.2, 0.25) is 5.91 Å². The summed E-state index contributed by atoms with van der Waals surface area (Å²) in [6.07, 6.45) is 2.43. The number of carbonyl (C=O) groups excluding carboxylic acids is 1. The number of hydrogen-bond donors (Lipinski definition) is 3. The van der Waals surface area contributed by atoms with Gasteiger partial charge in [-0.15, -0.1) is 0 Å². The minimum absolute atomic E-state index is 0.139. The van der Waals surface area contributed by atoms with Crippen LogP contribution in [-0.2, 0) is 14.4 Å². The molecule has 1 fully saturated rings. The van der Waals surface area contributed by atoms with Gasteiger partial charge >= 0.3 is 11.9 Å². The van der Waals surface area contributed by atoms with Crippen LogP contribution in [0, 0.1) is 5.41 Å². The van der Waals surface area contributed by atoms with Gasteiger partial charge in [0.1, 0.15) is 6.04 Å². The van der Waals surface area contributed by atoms with Gasteiger partial charge in [-0.3, -0.25) is 14.4 Å². The zero-order valence-electron chi connectivity index (χ0n) is 9.73. The van der Waals surface area contributed by atoms with Gasteiger partial charge in [0.05, 0.1) is 5.41 Å². The van der Waals surface area contributed by atoms with Gasteiger partial charge in [-0.25, -0.2) is 0 Å². The average Bonchev–Trinajstić information content (AvgIpc) is 2.67. The quantitative estimate of drug-likeness (QED) is 0.656. The summed E-state index contributed by atoms with van der Waals surface area (Å²) in [7, 11) is 0. The third-order valence-corrected chi connectivity index (χ3v) is 3.26. The molecule has 0 aromatic rings. The van der Waals surface area contributed by atoms with E-state index in [1.165, 1.54) is 6.92 Å². The minimum atomic E-state index is -1.13. The Labute approximate surface area is 99.0 Å². The van der Waals surface area contributed by atoms with E-state index in [0.717, 1.165) is 12.8 Å². The van der Waals surface area contributed by atoms with E-state index < -0.39 is 29.3 Å². The summed E-state index contributed by atoms with van der Waals surface area (Å²) < 4.78 is 0. The van der Waals surface area contributed by atoms with Crippen molar-refractivity contribution in [2.24, 2.45) is 5.41 Å². The van der Waals surface area contributed by atoms with Gasteiger partial charge in [-0.2, -0.15) is 0 Å². The van der Waals surface area contributed by atoms with E-state index in [1.54, 1.807) is 0 Å². The standard InChI is InChI=1S/C11H17NO5/c1-7(9(14)15)12-8(13)6-11(10(16)17)4-2-3-5-11/h7H,2-6H2,1H3,(H,12,13)(H,14,15)(H,16,17). The van der Waals surface area contributed by atoms with Crippen LogP contribution >= 0.6 is 0 Å². The van der Waals surface area contributed by atoms with Crippen LogP contribution in [0.5, 0.6) is 0 Å². The van der Waals surface area contributed by atoms with Crippen molar-refractivity contribution in [3.63, 3.8) is 0 Å². The molecule has 0 heterocycles. The predicted molar refractivity (Wildman–Crippen MR) is 58.4 cm³/mol. The van der Waals surface area contributed by atoms with Crippen LogP contribution in [0.2, 0.25) is 0 Å². The van der Waals surface area contributed by atoms with Gasteiger partial charge in [-0.1, -0.05) is 12.8 Å². The Bertz CT molecular complexity index is 333. The molecule has 1 unspecified atom stereocenters. The lowest BCUT2D eigenvalue weighted by atomic mass is 9.82. The first kappa shape index (κ1) is 13.5. The summed E-state index contributed by atoms with van der Waals surface area (Å²) in [6.45, 7) is 1.35. The number of nitrogens with one attached hydrogen (secondary N) is 1. The summed E-state index contributed by atoms with van der Waals surface area (Å²) in [5, 5.41) is 20.1. The third kappa shape index (κ3) is 3.18. The predicted octanol–water partition coefficient (Wildman–Crippen LogP) is 0.611. The lowest BCUT2D eigenvalue weighted by Crippen LogP contribution is -2.42. The summed E-state index contributed by atoms with van der Waals surface area (Å²) in [5.41, 5.74) is -0.998. The van der Waals surface area contributed by atoms with Crippen molar-refractivity contribution in [1.29, 1.82) is 0 Å². The fourth-order valence-corrected chi connectivity index (χ4v) is 2.18. The van der Waals surface area contributed by atoms with Gasteiger partial charge in [-0.05, 0) is 19.8 Å². The highest BCUT2D eigenvalue weighted by molar-refractivity contribution is 5.87. The Morgan fingerprint density at radius 3 is 2.18 bits per heavy atom. The molecule has 0 aromatic heterocycles. The molecule has 6 nitrogen and oxygen atoms in total. The van der Waals surface area contributed by atoms with Crippen LogP contribution in [0.1, 0.15) is 39.0 Å². The van der Waals surface area contributed by atoms with Crippen LogP contribution in [0.3, 0.4) is 0 Å². The molecule has 17 heavy (non-hydrogen) atoms. The molecule has 96 valence electrons.